The first-order valence-electron chi connectivity index (χ1n) is 6.98. The molecule has 4 nitrogen and oxygen atoms in total. The Morgan fingerprint density at radius 1 is 1.39 bits per heavy atom. The zero-order valence-electron chi connectivity index (χ0n) is 12.4. The van der Waals surface area contributed by atoms with Gasteiger partial charge in [0.25, 0.3) is 0 Å². The molecule has 18 heavy (non-hydrogen) atoms. The summed E-state index contributed by atoms with van der Waals surface area (Å²) in [5.41, 5.74) is 0. The van der Waals surface area contributed by atoms with Crippen molar-refractivity contribution in [2.24, 2.45) is 11.8 Å². The monoisotopic (exact) mass is 256 g/mol. The second-order valence-electron chi connectivity index (χ2n) is 5.86. The molecule has 1 saturated heterocycles. The van der Waals surface area contributed by atoms with E-state index in [1.165, 1.54) is 26.5 Å². The quantitative estimate of drug-likeness (QED) is 0.757. The van der Waals surface area contributed by atoms with Gasteiger partial charge in [0.15, 0.2) is 0 Å². The first-order valence-corrected chi connectivity index (χ1v) is 6.98. The highest BCUT2D eigenvalue weighted by Crippen LogP contribution is 2.19. The highest BCUT2D eigenvalue weighted by atomic mass is 16.5. The Bertz CT molecular complexity index is 269. The number of esters is 1. The predicted octanol–water partition coefficient (Wildman–Crippen LogP) is 1.50. The molecular weight excluding hydrogens is 228 g/mol. The van der Waals surface area contributed by atoms with Crippen molar-refractivity contribution in [3.63, 3.8) is 0 Å². The summed E-state index contributed by atoms with van der Waals surface area (Å²) in [6.45, 7) is 8.58. The number of carbonyl (C=O) groups excluding carboxylic acids is 1. The number of hydrogen-bond donors (Lipinski definition) is 1. The molecule has 0 aromatic carbocycles. The molecule has 3 atom stereocenters. The highest BCUT2D eigenvalue weighted by molar-refractivity contribution is 5.75. The lowest BCUT2D eigenvalue weighted by molar-refractivity contribution is -0.144. The Labute approximate surface area is 111 Å². The van der Waals surface area contributed by atoms with Crippen molar-refractivity contribution >= 4 is 5.97 Å². The topological polar surface area (TPSA) is 41.6 Å². The molecule has 2 unspecified atom stereocenters. The van der Waals surface area contributed by atoms with Gasteiger partial charge in [-0.15, -0.1) is 0 Å². The van der Waals surface area contributed by atoms with E-state index in [9.17, 15) is 4.79 Å². The Hall–Kier alpha value is -0.610. The van der Waals surface area contributed by atoms with Crippen molar-refractivity contribution in [3.05, 3.63) is 0 Å². The molecule has 1 heterocycles. The van der Waals surface area contributed by atoms with E-state index < -0.39 is 0 Å². The first kappa shape index (κ1) is 15.4. The van der Waals surface area contributed by atoms with E-state index in [1.807, 2.05) is 13.8 Å². The number of methoxy groups -OCH3 is 1. The van der Waals surface area contributed by atoms with E-state index in [4.69, 9.17) is 4.74 Å². The van der Waals surface area contributed by atoms with Crippen molar-refractivity contribution < 1.29 is 9.53 Å². The van der Waals surface area contributed by atoms with Crippen LogP contribution < -0.4 is 5.32 Å². The molecule has 106 valence electrons. The molecule has 1 rings (SSSR count). The summed E-state index contributed by atoms with van der Waals surface area (Å²) in [6, 6.07) is 0.150. The summed E-state index contributed by atoms with van der Waals surface area (Å²) in [5.74, 6) is 0.719. The third-order valence-electron chi connectivity index (χ3n) is 3.93. The van der Waals surface area contributed by atoms with Crippen molar-refractivity contribution in [3.8, 4) is 0 Å². The molecule has 0 bridgehead atoms. The van der Waals surface area contributed by atoms with Gasteiger partial charge >= 0.3 is 5.97 Å². The van der Waals surface area contributed by atoms with Crippen LogP contribution in [0.4, 0.5) is 0 Å². The smallest absolute Gasteiger partial charge is 0.323 e. The molecule has 1 aliphatic heterocycles. The molecule has 0 saturated carbocycles. The zero-order valence-corrected chi connectivity index (χ0v) is 12.4. The number of hydrogen-bond acceptors (Lipinski definition) is 4. The minimum absolute atomic E-state index is 0.152. The average molecular weight is 256 g/mol. The number of rotatable bonds is 5. The normalized spacial score (nSPS) is 24.9. The van der Waals surface area contributed by atoms with E-state index in [-0.39, 0.29) is 17.9 Å². The van der Waals surface area contributed by atoms with Crippen LogP contribution in [0.1, 0.15) is 33.6 Å². The van der Waals surface area contributed by atoms with E-state index in [0.29, 0.717) is 12.0 Å². The standard InChI is InChI=1S/C14H28N2O2/c1-10(2)13(14(17)18-5)15-11(3)12-7-6-8-16(4)9-12/h10-13,15H,6-9H2,1-5H3/t11?,12?,13-/m1/s1. The lowest BCUT2D eigenvalue weighted by atomic mass is 9.90. The van der Waals surface area contributed by atoms with Crippen LogP contribution >= 0.6 is 0 Å². The second kappa shape index (κ2) is 7.10. The van der Waals surface area contributed by atoms with Gasteiger partial charge in [-0.1, -0.05) is 13.8 Å². The molecule has 0 radical (unpaired) electrons. The Balaban J connectivity index is 2.54. The predicted molar refractivity (Wildman–Crippen MR) is 73.5 cm³/mol. The lowest BCUT2D eigenvalue weighted by Crippen LogP contribution is -2.51. The summed E-state index contributed by atoms with van der Waals surface area (Å²) >= 11 is 0. The molecule has 0 aliphatic carbocycles. The number of likely N-dealkylation sites (tertiary alicyclic amines) is 1. The van der Waals surface area contributed by atoms with Crippen LogP contribution in [0, 0.1) is 11.8 Å². The molecule has 1 N–H and O–H groups in total. The van der Waals surface area contributed by atoms with Gasteiger partial charge in [0, 0.05) is 12.6 Å². The van der Waals surface area contributed by atoms with E-state index in [1.54, 1.807) is 0 Å². The van der Waals surface area contributed by atoms with E-state index in [0.717, 1.165) is 6.54 Å². The molecule has 0 aromatic rings. The lowest BCUT2D eigenvalue weighted by Gasteiger charge is -2.36. The summed E-state index contributed by atoms with van der Waals surface area (Å²) < 4.78 is 4.87. The van der Waals surface area contributed by atoms with Crippen molar-refractivity contribution in [1.29, 1.82) is 0 Å². The SMILES string of the molecule is COC(=O)[C@H](NC(C)C1CCCN(C)C1)C(C)C. The largest absolute Gasteiger partial charge is 0.468 e. The summed E-state index contributed by atoms with van der Waals surface area (Å²) in [7, 11) is 3.62. The summed E-state index contributed by atoms with van der Waals surface area (Å²) in [4.78, 5) is 14.1. The maximum Gasteiger partial charge on any atom is 0.323 e. The highest BCUT2D eigenvalue weighted by Gasteiger charge is 2.29. The number of ether oxygens (including phenoxy) is 1. The number of nitrogens with one attached hydrogen (secondary N) is 1. The van der Waals surface area contributed by atoms with Crippen LogP contribution in [-0.4, -0.2) is 50.2 Å². The molecule has 0 amide bonds. The number of piperidine rings is 1. The third-order valence-corrected chi connectivity index (χ3v) is 3.93. The minimum atomic E-state index is -0.197. The van der Waals surface area contributed by atoms with Gasteiger partial charge in [0.1, 0.15) is 6.04 Å². The van der Waals surface area contributed by atoms with Gasteiger partial charge in [-0.2, -0.15) is 0 Å². The van der Waals surface area contributed by atoms with Crippen LogP contribution in [0.3, 0.4) is 0 Å². The van der Waals surface area contributed by atoms with E-state index in [2.05, 4.69) is 24.2 Å². The average Bonchev–Trinajstić information content (AvgIpc) is 2.34. The Kier molecular flexibility index (Phi) is 6.09. The van der Waals surface area contributed by atoms with Crippen LogP contribution in [0.2, 0.25) is 0 Å². The third kappa shape index (κ3) is 4.25. The molecule has 4 heteroatoms. The zero-order chi connectivity index (χ0) is 13.7. The minimum Gasteiger partial charge on any atom is -0.468 e. The molecule has 1 fully saturated rings. The summed E-state index contributed by atoms with van der Waals surface area (Å²) in [6.07, 6.45) is 2.49. The van der Waals surface area contributed by atoms with Gasteiger partial charge < -0.3 is 15.0 Å². The van der Waals surface area contributed by atoms with Crippen molar-refractivity contribution in [2.75, 3.05) is 27.2 Å². The number of nitrogens with zero attached hydrogens (tertiary/aromatic N) is 1. The van der Waals surface area contributed by atoms with Gasteiger partial charge in [-0.3, -0.25) is 4.79 Å². The van der Waals surface area contributed by atoms with Gasteiger partial charge in [-0.05, 0) is 45.2 Å². The fourth-order valence-electron chi connectivity index (χ4n) is 2.69. The Morgan fingerprint density at radius 3 is 2.56 bits per heavy atom. The van der Waals surface area contributed by atoms with Crippen LogP contribution in [0.5, 0.6) is 0 Å². The van der Waals surface area contributed by atoms with Crippen molar-refractivity contribution in [1.82, 2.24) is 10.2 Å². The first-order chi connectivity index (χ1) is 8.45. The van der Waals surface area contributed by atoms with Gasteiger partial charge in [0.05, 0.1) is 7.11 Å². The fraction of sp³-hybridized carbons (Fsp3) is 0.929. The molecule has 0 aromatic heterocycles. The van der Waals surface area contributed by atoms with E-state index >= 15 is 0 Å². The van der Waals surface area contributed by atoms with Crippen molar-refractivity contribution in [2.45, 2.75) is 45.7 Å². The maximum absolute atomic E-state index is 11.7. The van der Waals surface area contributed by atoms with Crippen LogP contribution in [0.25, 0.3) is 0 Å². The number of carbonyl (C=O) groups is 1. The molecular formula is C14H28N2O2. The fourth-order valence-corrected chi connectivity index (χ4v) is 2.69. The molecule has 0 spiro atoms. The van der Waals surface area contributed by atoms with Gasteiger partial charge in [0.2, 0.25) is 0 Å². The summed E-state index contributed by atoms with van der Waals surface area (Å²) in [5, 5.41) is 3.46. The van der Waals surface area contributed by atoms with Crippen LogP contribution in [0.15, 0.2) is 0 Å². The molecule has 1 aliphatic rings. The maximum atomic E-state index is 11.7. The van der Waals surface area contributed by atoms with Gasteiger partial charge in [-0.25, -0.2) is 0 Å². The Morgan fingerprint density at radius 2 is 2.06 bits per heavy atom. The second-order valence-corrected chi connectivity index (χ2v) is 5.86. The van der Waals surface area contributed by atoms with Crippen LogP contribution in [-0.2, 0) is 9.53 Å².